The molecule has 0 aliphatic heterocycles. The van der Waals surface area contributed by atoms with Gasteiger partial charge >= 0.3 is 0 Å². The predicted molar refractivity (Wildman–Crippen MR) is 70.3 cm³/mol. The summed E-state index contributed by atoms with van der Waals surface area (Å²) in [5.74, 6) is -0.418. The second-order valence-electron chi connectivity index (χ2n) is 3.79. The van der Waals surface area contributed by atoms with Crippen LogP contribution in [0.15, 0.2) is 23.6 Å². The number of nitrogens with zero attached hydrogens (tertiary/aromatic N) is 1. The van der Waals surface area contributed by atoms with Crippen molar-refractivity contribution in [1.29, 1.82) is 0 Å². The molecule has 1 atom stereocenters. The molecule has 0 radical (unpaired) electrons. The predicted octanol–water partition coefficient (Wildman–Crippen LogP) is 4.42. The third-order valence-corrected chi connectivity index (χ3v) is 3.48. The van der Waals surface area contributed by atoms with Gasteiger partial charge in [-0.05, 0) is 32.0 Å². The Morgan fingerprint density at radius 2 is 2.24 bits per heavy atom. The fraction of sp³-hybridized carbons (Fsp3) is 0.250. The van der Waals surface area contributed by atoms with Crippen LogP contribution >= 0.6 is 22.9 Å². The summed E-state index contributed by atoms with van der Waals surface area (Å²) in [6.45, 7) is 3.95. The number of nitrogens with one attached hydrogen (secondary N) is 1. The van der Waals surface area contributed by atoms with Crippen LogP contribution in [0.2, 0.25) is 5.02 Å². The lowest BCUT2D eigenvalue weighted by Crippen LogP contribution is -2.07. The lowest BCUT2D eigenvalue weighted by atomic mass is 10.2. The fourth-order valence-electron chi connectivity index (χ4n) is 1.49. The largest absolute Gasteiger partial charge is 0.377 e. The fourth-order valence-corrected chi connectivity index (χ4v) is 2.31. The third kappa shape index (κ3) is 2.96. The first-order valence-electron chi connectivity index (χ1n) is 5.20. The summed E-state index contributed by atoms with van der Waals surface area (Å²) in [6, 6.07) is 4.72. The average Bonchev–Trinajstić information content (AvgIpc) is 2.70. The van der Waals surface area contributed by atoms with Gasteiger partial charge in [-0.25, -0.2) is 9.37 Å². The Bertz CT molecular complexity index is 527. The van der Waals surface area contributed by atoms with Gasteiger partial charge < -0.3 is 5.32 Å². The van der Waals surface area contributed by atoms with E-state index in [4.69, 9.17) is 11.6 Å². The number of halogens is 2. The minimum atomic E-state index is -0.418. The molecule has 90 valence electrons. The van der Waals surface area contributed by atoms with E-state index in [-0.39, 0.29) is 11.1 Å². The smallest absolute Gasteiger partial charge is 0.143 e. The molecule has 1 heterocycles. The van der Waals surface area contributed by atoms with Gasteiger partial charge in [0.1, 0.15) is 5.82 Å². The van der Waals surface area contributed by atoms with Gasteiger partial charge in [0.2, 0.25) is 0 Å². The summed E-state index contributed by atoms with van der Waals surface area (Å²) in [7, 11) is 0. The number of benzene rings is 1. The minimum absolute atomic E-state index is 0.0422. The maximum Gasteiger partial charge on any atom is 0.143 e. The van der Waals surface area contributed by atoms with Crippen LogP contribution in [0.4, 0.5) is 10.1 Å². The molecule has 2 nitrogen and oxygen atoms in total. The van der Waals surface area contributed by atoms with Crippen molar-refractivity contribution in [2.45, 2.75) is 19.9 Å². The Morgan fingerprint density at radius 1 is 1.47 bits per heavy atom. The summed E-state index contributed by atoms with van der Waals surface area (Å²) in [6.07, 6.45) is 0. The van der Waals surface area contributed by atoms with Crippen LogP contribution in [-0.2, 0) is 0 Å². The highest BCUT2D eigenvalue weighted by Crippen LogP contribution is 2.23. The van der Waals surface area contributed by atoms with E-state index < -0.39 is 5.82 Å². The molecular formula is C12H12ClFN2S. The van der Waals surface area contributed by atoms with E-state index in [1.165, 1.54) is 12.1 Å². The van der Waals surface area contributed by atoms with Crippen molar-refractivity contribution in [2.75, 3.05) is 5.32 Å². The van der Waals surface area contributed by atoms with Crippen LogP contribution in [0, 0.1) is 12.7 Å². The molecule has 1 unspecified atom stereocenters. The topological polar surface area (TPSA) is 24.9 Å². The number of hydrogen-bond donors (Lipinski definition) is 1. The van der Waals surface area contributed by atoms with Gasteiger partial charge in [0.05, 0.1) is 21.8 Å². The van der Waals surface area contributed by atoms with Gasteiger partial charge in [-0.1, -0.05) is 11.6 Å². The van der Waals surface area contributed by atoms with Crippen LogP contribution < -0.4 is 5.32 Å². The molecule has 1 N–H and O–H groups in total. The number of aromatic nitrogens is 1. The first-order chi connectivity index (χ1) is 8.06. The minimum Gasteiger partial charge on any atom is -0.377 e. The molecule has 0 amide bonds. The van der Waals surface area contributed by atoms with E-state index in [1.807, 2.05) is 19.2 Å². The molecule has 0 spiro atoms. The highest BCUT2D eigenvalue weighted by Gasteiger charge is 2.09. The first kappa shape index (κ1) is 12.3. The Balaban J connectivity index is 2.12. The highest BCUT2D eigenvalue weighted by molar-refractivity contribution is 7.09. The van der Waals surface area contributed by atoms with Crippen LogP contribution in [-0.4, -0.2) is 4.98 Å². The average molecular weight is 271 g/mol. The Kier molecular flexibility index (Phi) is 3.64. The van der Waals surface area contributed by atoms with E-state index in [1.54, 1.807) is 17.4 Å². The standard InChI is InChI=1S/C12H12ClFN2S/c1-7(12-6-17-8(2)16-12)15-9-3-4-10(13)11(14)5-9/h3-7,15H,1-2H3. The van der Waals surface area contributed by atoms with Crippen molar-refractivity contribution in [3.8, 4) is 0 Å². The zero-order chi connectivity index (χ0) is 12.4. The Morgan fingerprint density at radius 3 is 2.82 bits per heavy atom. The number of hydrogen-bond acceptors (Lipinski definition) is 3. The Labute approximate surface area is 108 Å². The molecule has 0 aliphatic carbocycles. The number of rotatable bonds is 3. The molecule has 5 heteroatoms. The van der Waals surface area contributed by atoms with Gasteiger partial charge in [0.25, 0.3) is 0 Å². The zero-order valence-corrected chi connectivity index (χ0v) is 11.1. The van der Waals surface area contributed by atoms with E-state index in [9.17, 15) is 4.39 Å². The number of thiazole rings is 1. The molecule has 0 saturated heterocycles. The third-order valence-electron chi connectivity index (χ3n) is 2.38. The van der Waals surface area contributed by atoms with E-state index in [2.05, 4.69) is 10.3 Å². The van der Waals surface area contributed by atoms with Crippen molar-refractivity contribution in [1.82, 2.24) is 4.98 Å². The monoisotopic (exact) mass is 270 g/mol. The van der Waals surface area contributed by atoms with Crippen molar-refractivity contribution >= 4 is 28.6 Å². The quantitative estimate of drug-likeness (QED) is 0.893. The van der Waals surface area contributed by atoms with Gasteiger partial charge in [-0.2, -0.15) is 0 Å². The second kappa shape index (κ2) is 5.02. The van der Waals surface area contributed by atoms with Crippen LogP contribution in [0.3, 0.4) is 0 Å². The lowest BCUT2D eigenvalue weighted by molar-refractivity contribution is 0.628. The molecule has 2 rings (SSSR count). The molecule has 1 aromatic heterocycles. The molecule has 0 saturated carbocycles. The zero-order valence-electron chi connectivity index (χ0n) is 9.50. The molecule has 17 heavy (non-hydrogen) atoms. The normalized spacial score (nSPS) is 12.5. The van der Waals surface area contributed by atoms with E-state index in [0.717, 1.165) is 10.7 Å². The summed E-state index contributed by atoms with van der Waals surface area (Å²) in [4.78, 5) is 4.38. The second-order valence-corrected chi connectivity index (χ2v) is 5.26. The molecular weight excluding hydrogens is 259 g/mol. The van der Waals surface area contributed by atoms with Crippen LogP contribution in [0.25, 0.3) is 0 Å². The van der Waals surface area contributed by atoms with Gasteiger partial charge in [-0.3, -0.25) is 0 Å². The van der Waals surface area contributed by atoms with Crippen LogP contribution in [0.1, 0.15) is 23.7 Å². The number of anilines is 1. The Hall–Kier alpha value is -1.13. The molecule has 2 aromatic rings. The lowest BCUT2D eigenvalue weighted by Gasteiger charge is -2.13. The maximum atomic E-state index is 13.3. The van der Waals surface area contributed by atoms with Crippen molar-refractivity contribution in [2.24, 2.45) is 0 Å². The molecule has 0 fully saturated rings. The molecule has 1 aromatic carbocycles. The van der Waals surface area contributed by atoms with Crippen molar-refractivity contribution in [3.63, 3.8) is 0 Å². The first-order valence-corrected chi connectivity index (χ1v) is 6.45. The van der Waals surface area contributed by atoms with E-state index in [0.29, 0.717) is 5.69 Å². The van der Waals surface area contributed by atoms with Crippen molar-refractivity contribution in [3.05, 3.63) is 45.1 Å². The van der Waals surface area contributed by atoms with Crippen LogP contribution in [0.5, 0.6) is 0 Å². The maximum absolute atomic E-state index is 13.3. The number of aryl methyl sites for hydroxylation is 1. The van der Waals surface area contributed by atoms with Gasteiger partial charge in [0.15, 0.2) is 0 Å². The molecule has 0 bridgehead atoms. The van der Waals surface area contributed by atoms with Gasteiger partial charge in [0, 0.05) is 11.1 Å². The highest BCUT2D eigenvalue weighted by atomic mass is 35.5. The SMILES string of the molecule is Cc1nc(C(C)Nc2ccc(Cl)c(F)c2)cs1. The van der Waals surface area contributed by atoms with Crippen molar-refractivity contribution < 1.29 is 4.39 Å². The summed E-state index contributed by atoms with van der Waals surface area (Å²) < 4.78 is 13.3. The molecule has 0 aliphatic rings. The summed E-state index contributed by atoms with van der Waals surface area (Å²) in [5, 5.41) is 6.34. The van der Waals surface area contributed by atoms with Gasteiger partial charge in [-0.15, -0.1) is 11.3 Å². The van der Waals surface area contributed by atoms with E-state index >= 15 is 0 Å². The summed E-state index contributed by atoms with van der Waals surface area (Å²) >= 11 is 7.23. The summed E-state index contributed by atoms with van der Waals surface area (Å²) in [5.41, 5.74) is 1.66.